The number of ether oxygens (including phenoxy) is 1. The summed E-state index contributed by atoms with van der Waals surface area (Å²) in [7, 11) is -0.154. The van der Waals surface area contributed by atoms with Gasteiger partial charge in [-0.3, -0.25) is 0 Å². The molecule has 1 atom stereocenters. The molecule has 18 heavy (non-hydrogen) atoms. The first-order chi connectivity index (χ1) is 8.70. The first-order valence-electron chi connectivity index (χ1n) is 6.58. The molecule has 0 amide bonds. The first kappa shape index (κ1) is 16.1. The van der Waals surface area contributed by atoms with Crippen molar-refractivity contribution < 1.29 is 4.74 Å². The molecular weight excluding hydrogens is 280 g/mol. The van der Waals surface area contributed by atoms with Gasteiger partial charge >= 0.3 is 0 Å². The fraction of sp³-hybridized carbons (Fsp3) is 0.571. The van der Waals surface area contributed by atoms with Crippen LogP contribution in [0.5, 0.6) is 0 Å². The molecule has 102 valence electrons. The maximum atomic E-state index is 6.16. The van der Waals surface area contributed by atoms with Crippen molar-refractivity contribution in [2.45, 2.75) is 44.3 Å². The van der Waals surface area contributed by atoms with Crippen LogP contribution in [0, 0.1) is 0 Å². The monoisotopic (exact) mass is 302 g/mol. The van der Waals surface area contributed by atoms with Crippen molar-refractivity contribution in [1.29, 1.82) is 0 Å². The lowest BCUT2D eigenvalue weighted by Gasteiger charge is -2.29. The number of halogens is 1. The van der Waals surface area contributed by atoms with Gasteiger partial charge in [0.15, 0.2) is 0 Å². The Bertz CT molecular complexity index is 323. The second kappa shape index (κ2) is 9.02. The van der Waals surface area contributed by atoms with Crippen LogP contribution in [-0.2, 0) is 11.3 Å². The maximum absolute atomic E-state index is 6.16. The summed E-state index contributed by atoms with van der Waals surface area (Å²) in [5.74, 6) is 0.792. The molecule has 1 rings (SSSR count). The molecule has 1 nitrogen and oxygen atoms in total. The van der Waals surface area contributed by atoms with E-state index in [1.165, 1.54) is 11.6 Å². The highest BCUT2D eigenvalue weighted by Crippen LogP contribution is 2.32. The minimum atomic E-state index is -0.154. The topological polar surface area (TPSA) is 9.23 Å². The van der Waals surface area contributed by atoms with Gasteiger partial charge in [0, 0.05) is 5.88 Å². The van der Waals surface area contributed by atoms with Crippen LogP contribution in [0.4, 0.5) is 0 Å². The lowest BCUT2D eigenvalue weighted by molar-refractivity contribution is 0.0211. The van der Waals surface area contributed by atoms with Crippen LogP contribution in [-0.4, -0.2) is 19.5 Å². The Morgan fingerprint density at radius 1 is 1.33 bits per heavy atom. The zero-order chi connectivity index (χ0) is 13.3. The molecule has 4 heteroatoms. The van der Waals surface area contributed by atoms with Gasteiger partial charge in [-0.05, 0) is 25.0 Å². The van der Waals surface area contributed by atoms with E-state index in [4.69, 9.17) is 16.3 Å². The third-order valence-corrected chi connectivity index (χ3v) is 8.58. The van der Waals surface area contributed by atoms with E-state index in [0.29, 0.717) is 6.61 Å². The largest absolute Gasteiger partial charge is 0.361 e. The van der Waals surface area contributed by atoms with Crippen LogP contribution in [0.15, 0.2) is 30.3 Å². The van der Waals surface area contributed by atoms with Crippen LogP contribution in [0.1, 0.15) is 32.3 Å². The van der Waals surface area contributed by atoms with E-state index in [9.17, 15) is 0 Å². The number of benzene rings is 1. The Balaban J connectivity index is 2.45. The van der Waals surface area contributed by atoms with Crippen LogP contribution >= 0.6 is 22.8 Å². The third-order valence-electron chi connectivity index (χ3n) is 2.78. The zero-order valence-corrected chi connectivity index (χ0v) is 14.3. The van der Waals surface area contributed by atoms with Gasteiger partial charge < -0.3 is 4.74 Å². The summed E-state index contributed by atoms with van der Waals surface area (Å²) in [4.78, 5) is -0.0249. The summed E-state index contributed by atoms with van der Waals surface area (Å²) in [6.45, 7) is 5.15. The molecular formula is C14H23ClOSSi. The molecule has 0 radical (unpaired) electrons. The van der Waals surface area contributed by atoms with Crippen molar-refractivity contribution in [1.82, 2.24) is 0 Å². The van der Waals surface area contributed by atoms with Crippen molar-refractivity contribution >= 4 is 31.5 Å². The summed E-state index contributed by atoms with van der Waals surface area (Å²) >= 11 is 7.79. The highest BCUT2D eigenvalue weighted by atomic mass is 35.5. The van der Waals surface area contributed by atoms with Crippen LogP contribution < -0.4 is 0 Å². The van der Waals surface area contributed by atoms with Crippen molar-refractivity contribution in [2.24, 2.45) is 0 Å². The van der Waals surface area contributed by atoms with Gasteiger partial charge in [-0.15, -0.1) is 11.6 Å². The fourth-order valence-electron chi connectivity index (χ4n) is 1.79. The number of rotatable bonds is 9. The smallest absolute Gasteiger partial charge is 0.105 e. The molecule has 0 heterocycles. The molecule has 0 N–H and O–H groups in total. The molecule has 0 aromatic heterocycles. The predicted octanol–water partition coefficient (Wildman–Crippen LogP) is 4.19. The Labute approximate surface area is 122 Å². The van der Waals surface area contributed by atoms with E-state index in [0.717, 1.165) is 18.7 Å². The standard InChI is InChI=1S/C14H23ClOSSi/c1-3-9-14(2,17-18-11-10-15)16-12-13-7-5-4-6-8-13/h4-8H,3,9-12,18H2,1-2H3. The Morgan fingerprint density at radius 2 is 2.06 bits per heavy atom. The molecule has 0 saturated heterocycles. The minimum absolute atomic E-state index is 0.0249. The lowest BCUT2D eigenvalue weighted by atomic mass is 10.2. The van der Waals surface area contributed by atoms with Crippen molar-refractivity contribution in [3.8, 4) is 0 Å². The van der Waals surface area contributed by atoms with E-state index in [2.05, 4.69) is 38.1 Å². The fourth-order valence-corrected chi connectivity index (χ4v) is 6.69. The highest BCUT2D eigenvalue weighted by molar-refractivity contribution is 8.23. The summed E-state index contributed by atoms with van der Waals surface area (Å²) in [6, 6.07) is 11.6. The molecule has 1 aromatic carbocycles. The van der Waals surface area contributed by atoms with Gasteiger partial charge in [0.1, 0.15) is 4.93 Å². The molecule has 0 aliphatic carbocycles. The molecule has 1 unspecified atom stereocenters. The molecule has 0 bridgehead atoms. The van der Waals surface area contributed by atoms with E-state index >= 15 is 0 Å². The quantitative estimate of drug-likeness (QED) is 0.293. The maximum Gasteiger partial charge on any atom is 0.105 e. The van der Waals surface area contributed by atoms with Crippen molar-refractivity contribution in [3.63, 3.8) is 0 Å². The van der Waals surface area contributed by atoms with E-state index < -0.39 is 0 Å². The summed E-state index contributed by atoms with van der Waals surface area (Å²) in [5.41, 5.74) is 1.25. The number of alkyl halides is 1. The van der Waals surface area contributed by atoms with Gasteiger partial charge in [-0.1, -0.05) is 43.7 Å². The van der Waals surface area contributed by atoms with Gasteiger partial charge in [0.05, 0.1) is 15.3 Å². The van der Waals surface area contributed by atoms with Gasteiger partial charge in [-0.25, -0.2) is 0 Å². The molecule has 0 aliphatic heterocycles. The van der Waals surface area contributed by atoms with Crippen LogP contribution in [0.3, 0.4) is 0 Å². The van der Waals surface area contributed by atoms with Crippen LogP contribution in [0.2, 0.25) is 6.04 Å². The van der Waals surface area contributed by atoms with Crippen LogP contribution in [0.25, 0.3) is 0 Å². The second-order valence-electron chi connectivity index (χ2n) is 4.55. The SMILES string of the molecule is CCCC(C)(OCc1ccccc1)S[SiH2]CCCl. The second-order valence-corrected chi connectivity index (χ2v) is 9.29. The Morgan fingerprint density at radius 3 is 2.67 bits per heavy atom. The average Bonchev–Trinajstić information content (AvgIpc) is 2.39. The molecule has 0 spiro atoms. The Hall–Kier alpha value is 0.0369. The molecule has 0 saturated carbocycles. The predicted molar refractivity (Wildman–Crippen MR) is 86.2 cm³/mol. The summed E-state index contributed by atoms with van der Waals surface area (Å²) in [5, 5.41) is 0. The zero-order valence-electron chi connectivity index (χ0n) is 11.3. The van der Waals surface area contributed by atoms with E-state index in [-0.39, 0.29) is 13.6 Å². The molecule has 0 aliphatic rings. The summed E-state index contributed by atoms with van der Waals surface area (Å²) in [6.07, 6.45) is 2.27. The lowest BCUT2D eigenvalue weighted by Crippen LogP contribution is -2.25. The summed E-state index contributed by atoms with van der Waals surface area (Å²) < 4.78 is 6.16. The first-order valence-corrected chi connectivity index (χ1v) is 10.8. The third kappa shape index (κ3) is 6.28. The Kier molecular flexibility index (Phi) is 8.07. The average molecular weight is 303 g/mol. The van der Waals surface area contributed by atoms with E-state index in [1.54, 1.807) is 0 Å². The van der Waals surface area contributed by atoms with Crippen molar-refractivity contribution in [3.05, 3.63) is 35.9 Å². The number of hydrogen-bond donors (Lipinski definition) is 0. The minimum Gasteiger partial charge on any atom is -0.361 e. The normalized spacial score (nSPS) is 15.1. The van der Waals surface area contributed by atoms with Gasteiger partial charge in [-0.2, -0.15) is 11.2 Å². The van der Waals surface area contributed by atoms with E-state index in [1.807, 2.05) is 17.3 Å². The molecule has 1 aromatic rings. The number of hydrogen-bond acceptors (Lipinski definition) is 2. The highest BCUT2D eigenvalue weighted by Gasteiger charge is 2.24. The molecule has 0 fully saturated rings. The van der Waals surface area contributed by atoms with Gasteiger partial charge in [0.25, 0.3) is 0 Å². The van der Waals surface area contributed by atoms with Crippen molar-refractivity contribution in [2.75, 3.05) is 5.88 Å². The van der Waals surface area contributed by atoms with Gasteiger partial charge in [0.2, 0.25) is 0 Å².